The topological polar surface area (TPSA) is 32.3 Å². The largest absolute Gasteiger partial charge is 0.387 e. The van der Waals surface area contributed by atoms with Crippen molar-refractivity contribution in [2.45, 2.75) is 13.0 Å². The zero-order valence-corrected chi connectivity index (χ0v) is 12.4. The smallest absolute Gasteiger partial charge is 0.159 e. The summed E-state index contributed by atoms with van der Waals surface area (Å²) in [6.07, 6.45) is -0.913. The molecule has 2 aromatic rings. The second-order valence-corrected chi connectivity index (χ2v) is 5.45. The molecule has 0 radical (unpaired) electrons. The van der Waals surface area contributed by atoms with Crippen LogP contribution in [-0.4, -0.2) is 11.7 Å². The van der Waals surface area contributed by atoms with Gasteiger partial charge in [-0.3, -0.25) is 0 Å². The van der Waals surface area contributed by atoms with Crippen molar-refractivity contribution in [1.82, 2.24) is 0 Å². The summed E-state index contributed by atoms with van der Waals surface area (Å²) in [7, 11) is 0. The fourth-order valence-corrected chi connectivity index (χ4v) is 2.19. The summed E-state index contributed by atoms with van der Waals surface area (Å²) in [6.45, 7) is 2.15. The van der Waals surface area contributed by atoms with E-state index in [1.165, 1.54) is 6.07 Å². The van der Waals surface area contributed by atoms with Gasteiger partial charge in [-0.1, -0.05) is 28.1 Å². The van der Waals surface area contributed by atoms with Gasteiger partial charge >= 0.3 is 0 Å². The van der Waals surface area contributed by atoms with Gasteiger partial charge in [0.2, 0.25) is 0 Å². The summed E-state index contributed by atoms with van der Waals surface area (Å²) in [5.74, 6) is -1.88. The van der Waals surface area contributed by atoms with Crippen LogP contribution in [0.5, 0.6) is 0 Å². The fourth-order valence-electron chi connectivity index (χ4n) is 1.83. The zero-order valence-electron chi connectivity index (χ0n) is 10.8. The monoisotopic (exact) mass is 341 g/mol. The van der Waals surface area contributed by atoms with E-state index in [0.29, 0.717) is 5.56 Å². The van der Waals surface area contributed by atoms with E-state index in [1.54, 1.807) is 0 Å². The molecule has 2 N–H and O–H groups in total. The van der Waals surface area contributed by atoms with Gasteiger partial charge in [0.15, 0.2) is 11.6 Å². The molecule has 106 valence electrons. The molecule has 0 spiro atoms. The number of halogens is 3. The first kappa shape index (κ1) is 14.9. The first-order valence-electron chi connectivity index (χ1n) is 6.10. The Hall–Kier alpha value is -1.46. The maximum atomic E-state index is 13.1. The normalized spacial score (nSPS) is 12.2. The Morgan fingerprint density at radius 3 is 2.60 bits per heavy atom. The Balaban J connectivity index is 2.06. The van der Waals surface area contributed by atoms with E-state index in [9.17, 15) is 13.9 Å². The minimum absolute atomic E-state index is 0.211. The summed E-state index contributed by atoms with van der Waals surface area (Å²) in [4.78, 5) is 0. The van der Waals surface area contributed by atoms with Gasteiger partial charge in [-0.05, 0) is 42.3 Å². The third-order valence-corrected chi connectivity index (χ3v) is 3.51. The Kier molecular flexibility index (Phi) is 4.73. The van der Waals surface area contributed by atoms with Crippen LogP contribution in [-0.2, 0) is 0 Å². The molecular weight excluding hydrogens is 328 g/mol. The van der Waals surface area contributed by atoms with E-state index in [0.717, 1.165) is 27.9 Å². The average Bonchev–Trinajstić information content (AvgIpc) is 2.42. The highest BCUT2D eigenvalue weighted by Gasteiger charge is 2.11. The van der Waals surface area contributed by atoms with Crippen molar-refractivity contribution in [2.75, 3.05) is 11.9 Å². The van der Waals surface area contributed by atoms with Crippen LogP contribution in [0.2, 0.25) is 0 Å². The molecule has 0 aliphatic carbocycles. The first-order valence-corrected chi connectivity index (χ1v) is 6.89. The van der Waals surface area contributed by atoms with Crippen LogP contribution in [0.25, 0.3) is 0 Å². The molecular formula is C15H14BrF2NO. The predicted octanol–water partition coefficient (Wildman–Crippen LogP) is 4.18. The summed E-state index contributed by atoms with van der Waals surface area (Å²) in [5, 5.41) is 13.1. The summed E-state index contributed by atoms with van der Waals surface area (Å²) >= 11 is 3.37. The minimum Gasteiger partial charge on any atom is -0.387 e. The van der Waals surface area contributed by atoms with Gasteiger partial charge in [0, 0.05) is 16.7 Å². The van der Waals surface area contributed by atoms with Crippen molar-refractivity contribution in [3.63, 3.8) is 0 Å². The van der Waals surface area contributed by atoms with E-state index < -0.39 is 17.7 Å². The number of rotatable bonds is 4. The van der Waals surface area contributed by atoms with Crippen molar-refractivity contribution < 1.29 is 13.9 Å². The highest BCUT2D eigenvalue weighted by molar-refractivity contribution is 9.10. The molecule has 0 amide bonds. The van der Waals surface area contributed by atoms with Crippen molar-refractivity contribution >= 4 is 21.6 Å². The van der Waals surface area contributed by atoms with Gasteiger partial charge in [-0.15, -0.1) is 0 Å². The molecule has 2 rings (SSSR count). The maximum absolute atomic E-state index is 13.1. The van der Waals surface area contributed by atoms with Gasteiger partial charge in [0.05, 0.1) is 6.10 Å². The quantitative estimate of drug-likeness (QED) is 0.874. The third-order valence-electron chi connectivity index (χ3n) is 3.01. The average molecular weight is 342 g/mol. The molecule has 1 atom stereocenters. The Morgan fingerprint density at radius 1 is 1.15 bits per heavy atom. The van der Waals surface area contributed by atoms with Crippen molar-refractivity contribution in [2.24, 2.45) is 0 Å². The molecule has 0 aromatic heterocycles. The van der Waals surface area contributed by atoms with Crippen LogP contribution < -0.4 is 5.32 Å². The summed E-state index contributed by atoms with van der Waals surface area (Å²) < 4.78 is 26.9. The lowest BCUT2D eigenvalue weighted by molar-refractivity contribution is 0.191. The van der Waals surface area contributed by atoms with Crippen LogP contribution >= 0.6 is 15.9 Å². The molecule has 5 heteroatoms. The number of anilines is 1. The number of hydrogen-bond donors (Lipinski definition) is 2. The molecule has 2 aromatic carbocycles. The Morgan fingerprint density at radius 2 is 1.90 bits per heavy atom. The van der Waals surface area contributed by atoms with Crippen LogP contribution in [0, 0.1) is 18.6 Å². The number of nitrogens with one attached hydrogen (secondary N) is 1. The Bertz CT molecular complexity index is 619. The lowest BCUT2D eigenvalue weighted by Crippen LogP contribution is -2.13. The second kappa shape index (κ2) is 6.33. The highest BCUT2D eigenvalue weighted by atomic mass is 79.9. The standard InChI is InChI=1S/C15H14BrF2NO/c1-9-2-4-11(16)7-14(9)19-8-15(20)10-3-5-12(17)13(18)6-10/h2-7,15,19-20H,8H2,1H3. The van der Waals surface area contributed by atoms with Gasteiger partial charge in [-0.2, -0.15) is 0 Å². The van der Waals surface area contributed by atoms with E-state index in [1.807, 2.05) is 25.1 Å². The lowest BCUT2D eigenvalue weighted by atomic mass is 10.1. The number of benzene rings is 2. The summed E-state index contributed by atoms with van der Waals surface area (Å²) in [6, 6.07) is 9.15. The van der Waals surface area contributed by atoms with Crippen molar-refractivity contribution in [1.29, 1.82) is 0 Å². The van der Waals surface area contributed by atoms with E-state index in [-0.39, 0.29) is 6.54 Å². The SMILES string of the molecule is Cc1ccc(Br)cc1NCC(O)c1ccc(F)c(F)c1. The van der Waals surface area contributed by atoms with E-state index >= 15 is 0 Å². The molecule has 0 aliphatic heterocycles. The summed E-state index contributed by atoms with van der Waals surface area (Å²) in [5.41, 5.74) is 2.25. The lowest BCUT2D eigenvalue weighted by Gasteiger charge is -2.15. The minimum atomic E-state index is -0.958. The van der Waals surface area contributed by atoms with Crippen LogP contribution in [0.3, 0.4) is 0 Å². The zero-order chi connectivity index (χ0) is 14.7. The predicted molar refractivity (Wildman–Crippen MR) is 78.7 cm³/mol. The third kappa shape index (κ3) is 3.55. The molecule has 20 heavy (non-hydrogen) atoms. The molecule has 0 heterocycles. The Labute approximate surface area is 124 Å². The van der Waals surface area contributed by atoms with E-state index in [4.69, 9.17) is 0 Å². The maximum Gasteiger partial charge on any atom is 0.159 e. The molecule has 0 fully saturated rings. The van der Waals surface area contributed by atoms with Crippen LogP contribution in [0.4, 0.5) is 14.5 Å². The number of aliphatic hydroxyl groups excluding tert-OH is 1. The van der Waals surface area contributed by atoms with Gasteiger partial charge < -0.3 is 10.4 Å². The van der Waals surface area contributed by atoms with Crippen LogP contribution in [0.15, 0.2) is 40.9 Å². The van der Waals surface area contributed by atoms with Crippen LogP contribution in [0.1, 0.15) is 17.2 Å². The molecule has 0 saturated heterocycles. The molecule has 2 nitrogen and oxygen atoms in total. The van der Waals surface area contributed by atoms with E-state index in [2.05, 4.69) is 21.2 Å². The van der Waals surface area contributed by atoms with Gasteiger partial charge in [0.25, 0.3) is 0 Å². The van der Waals surface area contributed by atoms with Crippen molar-refractivity contribution in [3.8, 4) is 0 Å². The molecule has 0 bridgehead atoms. The van der Waals surface area contributed by atoms with Gasteiger partial charge in [-0.25, -0.2) is 8.78 Å². The highest BCUT2D eigenvalue weighted by Crippen LogP contribution is 2.22. The molecule has 0 aliphatic rings. The van der Waals surface area contributed by atoms with Crippen molar-refractivity contribution in [3.05, 3.63) is 63.6 Å². The first-order chi connectivity index (χ1) is 9.47. The number of aryl methyl sites for hydroxylation is 1. The fraction of sp³-hybridized carbons (Fsp3) is 0.200. The number of aliphatic hydroxyl groups is 1. The number of hydrogen-bond acceptors (Lipinski definition) is 2. The molecule has 1 unspecified atom stereocenters. The second-order valence-electron chi connectivity index (χ2n) is 4.53. The molecule has 0 saturated carbocycles. The van der Waals surface area contributed by atoms with Gasteiger partial charge in [0.1, 0.15) is 0 Å².